The van der Waals surface area contributed by atoms with Gasteiger partial charge in [-0.2, -0.15) is 0 Å². The lowest BCUT2D eigenvalue weighted by Gasteiger charge is -2.23. The van der Waals surface area contributed by atoms with Crippen LogP contribution in [0.4, 0.5) is 0 Å². The van der Waals surface area contributed by atoms with Crippen molar-refractivity contribution in [3.63, 3.8) is 0 Å². The molecule has 3 aromatic rings. The first-order chi connectivity index (χ1) is 11.8. The second-order valence-electron chi connectivity index (χ2n) is 6.19. The second kappa shape index (κ2) is 6.49. The SMILES string of the molecule is Cc1cnc(-c2cnc([C@H]3CCCN3Cc3ccccn3)cn2)[nH]1. The van der Waals surface area contributed by atoms with Crippen molar-refractivity contribution in [3.8, 4) is 11.5 Å². The molecule has 1 N–H and O–H groups in total. The highest BCUT2D eigenvalue weighted by Gasteiger charge is 2.27. The molecule has 3 aromatic heterocycles. The number of H-pyrrole nitrogens is 1. The third kappa shape index (κ3) is 3.05. The molecule has 0 radical (unpaired) electrons. The molecule has 4 rings (SSSR count). The fourth-order valence-electron chi connectivity index (χ4n) is 3.23. The number of rotatable bonds is 4. The van der Waals surface area contributed by atoms with Gasteiger partial charge in [0.2, 0.25) is 0 Å². The van der Waals surface area contributed by atoms with Gasteiger partial charge in [-0.15, -0.1) is 0 Å². The zero-order valence-electron chi connectivity index (χ0n) is 13.7. The Morgan fingerprint density at radius 2 is 2.08 bits per heavy atom. The number of aromatic amines is 1. The molecule has 0 unspecified atom stereocenters. The van der Waals surface area contributed by atoms with Gasteiger partial charge in [-0.25, -0.2) is 9.97 Å². The van der Waals surface area contributed by atoms with Crippen LogP contribution >= 0.6 is 0 Å². The van der Waals surface area contributed by atoms with Crippen LogP contribution in [0.3, 0.4) is 0 Å². The summed E-state index contributed by atoms with van der Waals surface area (Å²) in [7, 11) is 0. The maximum absolute atomic E-state index is 4.65. The average molecular weight is 320 g/mol. The summed E-state index contributed by atoms with van der Waals surface area (Å²) >= 11 is 0. The Kier molecular flexibility index (Phi) is 4.04. The summed E-state index contributed by atoms with van der Waals surface area (Å²) in [5.41, 5.74) is 3.92. The van der Waals surface area contributed by atoms with E-state index in [1.807, 2.05) is 37.6 Å². The smallest absolute Gasteiger partial charge is 0.157 e. The highest BCUT2D eigenvalue weighted by atomic mass is 15.2. The van der Waals surface area contributed by atoms with Crippen molar-refractivity contribution in [2.24, 2.45) is 0 Å². The summed E-state index contributed by atoms with van der Waals surface area (Å²) in [6, 6.07) is 6.37. The van der Waals surface area contributed by atoms with E-state index in [1.54, 1.807) is 6.20 Å². The molecule has 24 heavy (non-hydrogen) atoms. The Hall–Kier alpha value is -2.60. The van der Waals surface area contributed by atoms with Crippen LogP contribution in [0, 0.1) is 6.92 Å². The van der Waals surface area contributed by atoms with E-state index in [0.717, 1.165) is 48.1 Å². The molecule has 122 valence electrons. The van der Waals surface area contributed by atoms with Crippen LogP contribution in [0.5, 0.6) is 0 Å². The third-order valence-corrected chi connectivity index (χ3v) is 4.41. The van der Waals surface area contributed by atoms with E-state index in [4.69, 9.17) is 0 Å². The number of nitrogens with zero attached hydrogens (tertiary/aromatic N) is 5. The van der Waals surface area contributed by atoms with Crippen molar-refractivity contribution in [1.82, 2.24) is 29.8 Å². The Labute approximate surface area is 141 Å². The largest absolute Gasteiger partial charge is 0.341 e. The molecule has 0 spiro atoms. The normalized spacial score (nSPS) is 18.1. The minimum absolute atomic E-state index is 0.312. The summed E-state index contributed by atoms with van der Waals surface area (Å²) < 4.78 is 0. The van der Waals surface area contributed by atoms with Gasteiger partial charge < -0.3 is 4.98 Å². The number of likely N-dealkylation sites (tertiary alicyclic amines) is 1. The quantitative estimate of drug-likeness (QED) is 0.800. The fraction of sp³-hybridized carbons (Fsp3) is 0.333. The van der Waals surface area contributed by atoms with Crippen LogP contribution in [0.2, 0.25) is 0 Å². The van der Waals surface area contributed by atoms with Crippen molar-refractivity contribution in [3.05, 3.63) is 60.1 Å². The number of imidazole rings is 1. The van der Waals surface area contributed by atoms with Crippen molar-refractivity contribution in [2.45, 2.75) is 32.4 Å². The van der Waals surface area contributed by atoms with Crippen molar-refractivity contribution in [2.75, 3.05) is 6.54 Å². The molecule has 6 nitrogen and oxygen atoms in total. The van der Waals surface area contributed by atoms with E-state index in [9.17, 15) is 0 Å². The zero-order chi connectivity index (χ0) is 16.4. The standard InChI is InChI=1S/C18H20N6/c1-13-9-22-18(23-13)16-11-20-15(10-21-16)17-6-4-8-24(17)12-14-5-2-3-7-19-14/h2-3,5,7,9-11,17H,4,6,8,12H2,1H3,(H,22,23)/t17-/m1/s1. The molecule has 0 saturated carbocycles. The number of aromatic nitrogens is 5. The minimum Gasteiger partial charge on any atom is -0.341 e. The zero-order valence-corrected chi connectivity index (χ0v) is 13.7. The number of hydrogen-bond acceptors (Lipinski definition) is 5. The van der Waals surface area contributed by atoms with E-state index in [-0.39, 0.29) is 0 Å². The molecule has 0 amide bonds. The number of aryl methyl sites for hydroxylation is 1. The topological polar surface area (TPSA) is 70.6 Å². The Balaban J connectivity index is 1.52. The van der Waals surface area contributed by atoms with Gasteiger partial charge in [0, 0.05) is 24.6 Å². The van der Waals surface area contributed by atoms with Crippen LogP contribution in [0.15, 0.2) is 43.0 Å². The highest BCUT2D eigenvalue weighted by Crippen LogP contribution is 2.31. The van der Waals surface area contributed by atoms with Crippen LogP contribution in [0.25, 0.3) is 11.5 Å². The lowest BCUT2D eigenvalue weighted by Crippen LogP contribution is -2.24. The number of nitrogens with one attached hydrogen (secondary N) is 1. The van der Waals surface area contributed by atoms with Crippen LogP contribution in [-0.4, -0.2) is 36.4 Å². The molecule has 1 atom stereocenters. The summed E-state index contributed by atoms with van der Waals surface area (Å²) in [5.74, 6) is 0.767. The molecule has 0 bridgehead atoms. The van der Waals surface area contributed by atoms with Gasteiger partial charge in [-0.1, -0.05) is 6.07 Å². The molecular formula is C18H20N6. The maximum Gasteiger partial charge on any atom is 0.157 e. The molecule has 6 heteroatoms. The molecule has 0 aromatic carbocycles. The van der Waals surface area contributed by atoms with Gasteiger partial charge in [0.05, 0.1) is 29.8 Å². The summed E-state index contributed by atoms with van der Waals surface area (Å²) in [6.07, 6.45) is 9.63. The van der Waals surface area contributed by atoms with Gasteiger partial charge in [-0.05, 0) is 38.4 Å². The summed E-state index contributed by atoms with van der Waals surface area (Å²) in [4.78, 5) is 23.6. The van der Waals surface area contributed by atoms with Crippen molar-refractivity contribution >= 4 is 0 Å². The van der Waals surface area contributed by atoms with Gasteiger partial charge >= 0.3 is 0 Å². The first-order valence-electron chi connectivity index (χ1n) is 8.27. The van der Waals surface area contributed by atoms with E-state index < -0.39 is 0 Å². The van der Waals surface area contributed by atoms with Gasteiger partial charge in [0.25, 0.3) is 0 Å². The van der Waals surface area contributed by atoms with Gasteiger partial charge in [-0.3, -0.25) is 14.9 Å². The van der Waals surface area contributed by atoms with E-state index in [2.05, 4.69) is 35.9 Å². The van der Waals surface area contributed by atoms with Crippen LogP contribution < -0.4 is 0 Å². The van der Waals surface area contributed by atoms with Gasteiger partial charge in [0.15, 0.2) is 5.82 Å². The van der Waals surface area contributed by atoms with Crippen LogP contribution in [0.1, 0.15) is 36.0 Å². The summed E-state index contributed by atoms with van der Waals surface area (Å²) in [5, 5.41) is 0. The Morgan fingerprint density at radius 1 is 1.12 bits per heavy atom. The first-order valence-corrected chi connectivity index (χ1v) is 8.27. The van der Waals surface area contributed by atoms with E-state index in [0.29, 0.717) is 6.04 Å². The highest BCUT2D eigenvalue weighted by molar-refractivity contribution is 5.47. The number of pyridine rings is 1. The molecule has 4 heterocycles. The van der Waals surface area contributed by atoms with Gasteiger partial charge in [0.1, 0.15) is 5.69 Å². The predicted molar refractivity (Wildman–Crippen MR) is 91.0 cm³/mol. The Bertz CT molecular complexity index is 796. The van der Waals surface area contributed by atoms with Crippen LogP contribution in [-0.2, 0) is 6.54 Å². The van der Waals surface area contributed by atoms with Crippen molar-refractivity contribution in [1.29, 1.82) is 0 Å². The fourth-order valence-corrected chi connectivity index (χ4v) is 3.23. The van der Waals surface area contributed by atoms with E-state index >= 15 is 0 Å². The first kappa shape index (κ1) is 15.0. The predicted octanol–water partition coefficient (Wildman–Crippen LogP) is 2.91. The van der Waals surface area contributed by atoms with Crippen molar-refractivity contribution < 1.29 is 0 Å². The maximum atomic E-state index is 4.65. The molecular weight excluding hydrogens is 300 g/mol. The van der Waals surface area contributed by atoms with E-state index in [1.165, 1.54) is 6.42 Å². The number of hydrogen-bond donors (Lipinski definition) is 1. The third-order valence-electron chi connectivity index (χ3n) is 4.41. The lowest BCUT2D eigenvalue weighted by atomic mass is 10.1. The lowest BCUT2D eigenvalue weighted by molar-refractivity contribution is 0.241. The summed E-state index contributed by atoms with van der Waals surface area (Å²) in [6.45, 7) is 3.90. The molecule has 0 aliphatic carbocycles. The Morgan fingerprint density at radius 3 is 2.79 bits per heavy atom. The molecule has 1 aliphatic heterocycles. The molecule has 1 saturated heterocycles. The molecule has 1 aliphatic rings. The minimum atomic E-state index is 0.312. The second-order valence-corrected chi connectivity index (χ2v) is 6.19. The monoisotopic (exact) mass is 320 g/mol. The molecule has 1 fully saturated rings. The average Bonchev–Trinajstić information content (AvgIpc) is 3.25.